The monoisotopic (exact) mass is 572 g/mol. The molecule has 2 aromatic rings. The molecule has 0 fully saturated rings. The standard InChI is InChI=1S/C20H23F7N8O2S/c21-12(1-2-15-33-34-18(38-15)17(37)31-6-4-19(22,23)24)9-35(29)10-14(28)16(36)32-8-13-7-11(3-5-30-13)20(25,26)27/h3,5,7,10,12H,1-2,4,6,8-9,28-29H2,(H,31,37)(H,32,36)/b14-10-. The average molecular weight is 573 g/mol. The van der Waals surface area contributed by atoms with Gasteiger partial charge in [0.2, 0.25) is 5.01 Å². The van der Waals surface area contributed by atoms with E-state index in [1.165, 1.54) is 0 Å². The van der Waals surface area contributed by atoms with Crippen molar-refractivity contribution in [2.24, 2.45) is 11.6 Å². The number of alkyl halides is 7. The molecule has 18 heteroatoms. The SMILES string of the molecule is N/C(=C\N(N)CC(F)CCc1nnc(C(=O)NCCC(F)(F)F)s1)C(=O)NCc1cc(C(F)(F)F)ccn1. The van der Waals surface area contributed by atoms with Crippen molar-refractivity contribution in [3.05, 3.63) is 51.5 Å². The number of rotatable bonds is 12. The van der Waals surface area contributed by atoms with E-state index in [0.717, 1.165) is 40.9 Å². The van der Waals surface area contributed by atoms with Crippen LogP contribution in [0.25, 0.3) is 0 Å². The fourth-order valence-electron chi connectivity index (χ4n) is 2.75. The summed E-state index contributed by atoms with van der Waals surface area (Å²) in [5, 5.41) is 12.5. The van der Waals surface area contributed by atoms with Gasteiger partial charge >= 0.3 is 12.4 Å². The maximum absolute atomic E-state index is 14.3. The quantitative estimate of drug-likeness (QED) is 0.131. The molecule has 0 aliphatic carbocycles. The summed E-state index contributed by atoms with van der Waals surface area (Å²) in [6, 6.07) is 1.55. The number of aryl methyl sites for hydroxylation is 1. The Balaban J connectivity index is 1.77. The fraction of sp³-hybridized carbons (Fsp3) is 0.450. The highest BCUT2D eigenvalue weighted by Gasteiger charge is 2.30. The molecule has 0 saturated heterocycles. The largest absolute Gasteiger partial charge is 0.416 e. The minimum atomic E-state index is -4.57. The molecular weight excluding hydrogens is 549 g/mol. The summed E-state index contributed by atoms with van der Waals surface area (Å²) in [5.74, 6) is 3.94. The molecule has 0 spiro atoms. The van der Waals surface area contributed by atoms with Crippen LogP contribution in [0, 0.1) is 0 Å². The van der Waals surface area contributed by atoms with Crippen LogP contribution in [0.2, 0.25) is 0 Å². The molecule has 1 unspecified atom stereocenters. The van der Waals surface area contributed by atoms with Gasteiger partial charge in [-0.2, -0.15) is 26.3 Å². The molecule has 0 aromatic carbocycles. The van der Waals surface area contributed by atoms with Gasteiger partial charge in [0.15, 0.2) is 0 Å². The van der Waals surface area contributed by atoms with Crippen LogP contribution in [0.5, 0.6) is 0 Å². The lowest BCUT2D eigenvalue weighted by Gasteiger charge is -2.17. The Morgan fingerprint density at radius 3 is 2.53 bits per heavy atom. The van der Waals surface area contributed by atoms with Gasteiger partial charge in [0, 0.05) is 25.4 Å². The van der Waals surface area contributed by atoms with Crippen molar-refractivity contribution in [1.82, 2.24) is 30.8 Å². The van der Waals surface area contributed by atoms with Crippen LogP contribution in [-0.2, 0) is 23.9 Å². The van der Waals surface area contributed by atoms with E-state index in [2.05, 4.69) is 25.8 Å². The van der Waals surface area contributed by atoms with E-state index in [1.807, 2.05) is 0 Å². The number of pyridine rings is 1. The fourth-order valence-corrected chi connectivity index (χ4v) is 3.53. The maximum atomic E-state index is 14.3. The lowest BCUT2D eigenvalue weighted by molar-refractivity contribution is -0.137. The second-order valence-electron chi connectivity index (χ2n) is 7.76. The predicted molar refractivity (Wildman–Crippen MR) is 120 cm³/mol. The highest BCUT2D eigenvalue weighted by molar-refractivity contribution is 7.13. The number of carbonyl (C=O) groups is 2. The summed E-state index contributed by atoms with van der Waals surface area (Å²) >= 11 is 0.801. The van der Waals surface area contributed by atoms with Crippen molar-refractivity contribution >= 4 is 23.2 Å². The first kappa shape index (κ1) is 30.7. The zero-order valence-corrected chi connectivity index (χ0v) is 20.3. The molecule has 1 atom stereocenters. The molecule has 210 valence electrons. The number of halogens is 7. The molecule has 2 rings (SSSR count). The van der Waals surface area contributed by atoms with Gasteiger partial charge in [0.05, 0.1) is 30.8 Å². The lowest BCUT2D eigenvalue weighted by atomic mass is 10.2. The number of carbonyl (C=O) groups excluding carboxylic acids is 2. The lowest BCUT2D eigenvalue weighted by Crippen LogP contribution is -2.36. The Kier molecular flexibility index (Phi) is 10.7. The Morgan fingerprint density at radius 1 is 1.16 bits per heavy atom. The molecular formula is C20H23F7N8O2S. The van der Waals surface area contributed by atoms with Gasteiger partial charge in [0.1, 0.15) is 16.9 Å². The Labute approximate surface area is 215 Å². The topological polar surface area (TPSA) is 152 Å². The highest BCUT2D eigenvalue weighted by atomic mass is 32.1. The molecule has 0 bridgehead atoms. The molecule has 38 heavy (non-hydrogen) atoms. The molecule has 0 radical (unpaired) electrons. The van der Waals surface area contributed by atoms with E-state index in [9.17, 15) is 40.3 Å². The third-order valence-corrected chi connectivity index (χ3v) is 5.56. The Hall–Kier alpha value is -3.54. The van der Waals surface area contributed by atoms with Crippen LogP contribution in [0.1, 0.15) is 38.9 Å². The maximum Gasteiger partial charge on any atom is 0.416 e. The van der Waals surface area contributed by atoms with E-state index in [-0.39, 0.29) is 35.1 Å². The van der Waals surface area contributed by atoms with Crippen LogP contribution >= 0.6 is 11.3 Å². The van der Waals surface area contributed by atoms with Crippen LogP contribution in [0.4, 0.5) is 30.7 Å². The minimum Gasteiger partial charge on any atom is -0.393 e. The van der Waals surface area contributed by atoms with E-state index < -0.39 is 61.1 Å². The van der Waals surface area contributed by atoms with E-state index in [0.29, 0.717) is 0 Å². The number of nitrogens with two attached hydrogens (primary N) is 2. The molecule has 6 N–H and O–H groups in total. The smallest absolute Gasteiger partial charge is 0.393 e. The summed E-state index contributed by atoms with van der Waals surface area (Å²) in [7, 11) is 0. The normalized spacial score (nSPS) is 13.2. The second-order valence-corrected chi connectivity index (χ2v) is 8.82. The van der Waals surface area contributed by atoms with Gasteiger partial charge in [-0.15, -0.1) is 10.2 Å². The predicted octanol–water partition coefficient (Wildman–Crippen LogP) is 2.20. The van der Waals surface area contributed by atoms with Crippen LogP contribution in [-0.4, -0.2) is 57.4 Å². The third-order valence-electron chi connectivity index (χ3n) is 4.58. The zero-order chi connectivity index (χ0) is 28.5. The highest BCUT2D eigenvalue weighted by Crippen LogP contribution is 2.29. The van der Waals surface area contributed by atoms with E-state index >= 15 is 0 Å². The second kappa shape index (κ2) is 13.3. The third kappa shape index (κ3) is 10.8. The van der Waals surface area contributed by atoms with Gasteiger partial charge in [-0.1, -0.05) is 11.3 Å². The minimum absolute atomic E-state index is 0.0478. The van der Waals surface area contributed by atoms with Crippen molar-refractivity contribution < 1.29 is 40.3 Å². The van der Waals surface area contributed by atoms with Crippen LogP contribution < -0.4 is 22.2 Å². The molecule has 2 aromatic heterocycles. The van der Waals surface area contributed by atoms with Gasteiger partial charge in [0.25, 0.3) is 11.8 Å². The number of hydrogen-bond acceptors (Lipinski definition) is 9. The van der Waals surface area contributed by atoms with Gasteiger partial charge < -0.3 is 21.4 Å². The number of amides is 2. The van der Waals surface area contributed by atoms with Crippen molar-refractivity contribution in [2.45, 2.75) is 44.3 Å². The van der Waals surface area contributed by atoms with Crippen molar-refractivity contribution in [3.63, 3.8) is 0 Å². The number of nitrogens with one attached hydrogen (secondary N) is 2. The number of hydrazine groups is 1. The Bertz CT molecular complexity index is 1120. The van der Waals surface area contributed by atoms with E-state index in [4.69, 9.17) is 11.6 Å². The van der Waals surface area contributed by atoms with Crippen LogP contribution in [0.3, 0.4) is 0 Å². The molecule has 10 nitrogen and oxygen atoms in total. The Morgan fingerprint density at radius 2 is 1.87 bits per heavy atom. The summed E-state index contributed by atoms with van der Waals surface area (Å²) in [6.07, 6.45) is -9.90. The van der Waals surface area contributed by atoms with Crippen molar-refractivity contribution in [2.75, 3.05) is 13.1 Å². The molecule has 2 amide bonds. The number of aromatic nitrogens is 3. The van der Waals surface area contributed by atoms with E-state index in [1.54, 1.807) is 0 Å². The first-order valence-corrected chi connectivity index (χ1v) is 11.6. The first-order chi connectivity index (χ1) is 17.6. The number of nitrogens with zero attached hydrogens (tertiary/aromatic N) is 4. The summed E-state index contributed by atoms with van der Waals surface area (Å²) in [4.78, 5) is 27.6. The van der Waals surface area contributed by atoms with Crippen molar-refractivity contribution in [1.29, 1.82) is 0 Å². The molecule has 2 heterocycles. The molecule has 0 aliphatic rings. The zero-order valence-electron chi connectivity index (χ0n) is 19.4. The van der Waals surface area contributed by atoms with Crippen molar-refractivity contribution in [3.8, 4) is 0 Å². The first-order valence-electron chi connectivity index (χ1n) is 10.7. The number of hydrogen-bond donors (Lipinski definition) is 4. The molecule has 0 saturated carbocycles. The summed E-state index contributed by atoms with van der Waals surface area (Å²) in [6.45, 7) is -1.36. The average Bonchev–Trinajstić information content (AvgIpc) is 3.29. The summed E-state index contributed by atoms with van der Waals surface area (Å²) in [5.41, 5.74) is 4.17. The molecule has 0 aliphatic heterocycles. The van der Waals surface area contributed by atoms with Gasteiger partial charge in [-0.3, -0.25) is 14.6 Å². The van der Waals surface area contributed by atoms with Gasteiger partial charge in [-0.25, -0.2) is 10.2 Å². The van der Waals surface area contributed by atoms with Gasteiger partial charge in [-0.05, 0) is 18.6 Å². The summed E-state index contributed by atoms with van der Waals surface area (Å²) < 4.78 is 89.0. The van der Waals surface area contributed by atoms with Crippen LogP contribution in [0.15, 0.2) is 30.2 Å².